The van der Waals surface area contributed by atoms with E-state index in [4.69, 9.17) is 18.0 Å². The molecule has 0 bridgehead atoms. The van der Waals surface area contributed by atoms with E-state index in [2.05, 4.69) is 12.8 Å². The Balaban J connectivity index is 2.48. The summed E-state index contributed by atoms with van der Waals surface area (Å²) in [6.07, 6.45) is 9.66. The summed E-state index contributed by atoms with van der Waals surface area (Å²) in [4.78, 5) is -0.299. The van der Waals surface area contributed by atoms with E-state index >= 15 is 0 Å². The molecule has 1 saturated carbocycles. The van der Waals surface area contributed by atoms with Gasteiger partial charge in [0.25, 0.3) is 0 Å². The monoisotopic (exact) mass is 156 g/mol. The fraction of sp³-hybridized carbons (Fsp3) is 0.778. The van der Waals surface area contributed by atoms with E-state index in [0.717, 1.165) is 18.8 Å². The minimum absolute atomic E-state index is 0.299. The van der Waals surface area contributed by atoms with Crippen molar-refractivity contribution >= 4 is 11.6 Å². The molecule has 0 saturated heterocycles. The van der Waals surface area contributed by atoms with Gasteiger partial charge in [-0.25, -0.2) is 0 Å². The molecule has 0 aliphatic heterocycles. The second-order valence-electron chi connectivity index (χ2n) is 3.29. The zero-order valence-electron chi connectivity index (χ0n) is 6.36. The molecule has 0 radical (unpaired) electrons. The highest BCUT2D eigenvalue weighted by atomic mass is 35.5. The van der Waals surface area contributed by atoms with Crippen molar-refractivity contribution in [1.82, 2.24) is 0 Å². The minimum atomic E-state index is -0.299. The van der Waals surface area contributed by atoms with Gasteiger partial charge < -0.3 is 0 Å². The van der Waals surface area contributed by atoms with Crippen LogP contribution in [0.4, 0.5) is 0 Å². The summed E-state index contributed by atoms with van der Waals surface area (Å²) in [7, 11) is 0. The van der Waals surface area contributed by atoms with E-state index in [1.807, 2.05) is 0 Å². The van der Waals surface area contributed by atoms with Crippen molar-refractivity contribution in [3.8, 4) is 12.3 Å². The van der Waals surface area contributed by atoms with Crippen molar-refractivity contribution in [2.45, 2.75) is 37.5 Å². The molecule has 0 aromatic carbocycles. The van der Waals surface area contributed by atoms with Crippen molar-refractivity contribution in [2.75, 3.05) is 0 Å². The van der Waals surface area contributed by atoms with Gasteiger partial charge in [0.05, 0.1) is 0 Å². The fourth-order valence-electron chi connectivity index (χ4n) is 1.36. The first kappa shape index (κ1) is 7.95. The number of terminal acetylenes is 1. The van der Waals surface area contributed by atoms with Gasteiger partial charge in [-0.1, -0.05) is 12.8 Å². The minimum Gasteiger partial charge on any atom is -0.118 e. The van der Waals surface area contributed by atoms with Crippen LogP contribution >= 0.6 is 11.6 Å². The first-order valence-corrected chi connectivity index (χ1v) is 4.21. The van der Waals surface area contributed by atoms with Crippen LogP contribution in [0.25, 0.3) is 0 Å². The number of alkyl halides is 1. The average Bonchev–Trinajstić information content (AvgIpc) is 1.96. The van der Waals surface area contributed by atoms with Gasteiger partial charge in [-0.15, -0.1) is 18.0 Å². The third kappa shape index (κ3) is 1.67. The molecule has 0 N–H and O–H groups in total. The van der Waals surface area contributed by atoms with Gasteiger partial charge in [0, 0.05) is 0 Å². The molecule has 0 amide bonds. The molecule has 1 heteroatoms. The first-order valence-electron chi connectivity index (χ1n) is 3.83. The van der Waals surface area contributed by atoms with Gasteiger partial charge in [0.2, 0.25) is 0 Å². The molecule has 1 aliphatic rings. The maximum absolute atomic E-state index is 6.09. The van der Waals surface area contributed by atoms with Crippen LogP contribution in [0.15, 0.2) is 0 Å². The molecule has 0 aromatic heterocycles. The zero-order chi connectivity index (χ0) is 7.61. The van der Waals surface area contributed by atoms with Gasteiger partial charge in [-0.2, -0.15) is 0 Å². The lowest BCUT2D eigenvalue weighted by Crippen LogP contribution is -2.25. The number of hydrogen-bond donors (Lipinski definition) is 0. The van der Waals surface area contributed by atoms with Crippen molar-refractivity contribution in [3.05, 3.63) is 0 Å². The summed E-state index contributed by atoms with van der Waals surface area (Å²) >= 11 is 6.09. The molecule has 56 valence electrons. The average molecular weight is 157 g/mol. The van der Waals surface area contributed by atoms with Gasteiger partial charge in [0.15, 0.2) is 0 Å². The quantitative estimate of drug-likeness (QED) is 0.374. The molecule has 0 aromatic rings. The predicted molar refractivity (Wildman–Crippen MR) is 45.0 cm³/mol. The van der Waals surface area contributed by atoms with Crippen LogP contribution in [-0.2, 0) is 0 Å². The second kappa shape index (κ2) is 2.84. The van der Waals surface area contributed by atoms with Crippen LogP contribution in [-0.4, -0.2) is 4.87 Å². The summed E-state index contributed by atoms with van der Waals surface area (Å²) in [5.74, 6) is 3.49. The molecule has 10 heavy (non-hydrogen) atoms. The lowest BCUT2D eigenvalue weighted by Gasteiger charge is -2.29. The maximum Gasteiger partial charge on any atom is 0.105 e. The summed E-state index contributed by atoms with van der Waals surface area (Å²) < 4.78 is 0. The predicted octanol–water partition coefficient (Wildman–Crippen LogP) is 2.81. The highest BCUT2D eigenvalue weighted by Crippen LogP contribution is 2.35. The highest BCUT2D eigenvalue weighted by molar-refractivity contribution is 6.26. The van der Waals surface area contributed by atoms with Crippen LogP contribution in [0.5, 0.6) is 0 Å². The standard InChI is InChI=1S/C9H13Cl/c1-3-9(10)6-4-8(2)5-7-9/h1,8H,4-7H2,2H3. The molecule has 1 fully saturated rings. The highest BCUT2D eigenvalue weighted by Gasteiger charge is 2.29. The Hall–Kier alpha value is -0.150. The Morgan fingerprint density at radius 2 is 2.00 bits per heavy atom. The Bertz CT molecular complexity index is 147. The lowest BCUT2D eigenvalue weighted by atomic mass is 9.83. The smallest absolute Gasteiger partial charge is 0.105 e. The van der Waals surface area contributed by atoms with Crippen LogP contribution < -0.4 is 0 Å². The third-order valence-corrected chi connectivity index (χ3v) is 2.81. The Labute approximate surface area is 68.0 Å². The number of hydrogen-bond acceptors (Lipinski definition) is 0. The lowest BCUT2D eigenvalue weighted by molar-refractivity contribution is 0.355. The molecule has 0 nitrogen and oxygen atoms in total. The Kier molecular flexibility index (Phi) is 2.26. The van der Waals surface area contributed by atoms with Crippen molar-refractivity contribution in [2.24, 2.45) is 5.92 Å². The van der Waals surface area contributed by atoms with E-state index in [1.165, 1.54) is 12.8 Å². The normalized spacial score (nSPS) is 40.7. The van der Waals surface area contributed by atoms with Gasteiger partial charge in [-0.3, -0.25) is 0 Å². The summed E-state index contributed by atoms with van der Waals surface area (Å²) in [5.41, 5.74) is 0. The summed E-state index contributed by atoms with van der Waals surface area (Å²) in [6.45, 7) is 2.26. The molecular formula is C9H13Cl. The molecule has 0 spiro atoms. The Morgan fingerprint density at radius 1 is 1.50 bits per heavy atom. The van der Waals surface area contributed by atoms with Crippen LogP contribution in [0.1, 0.15) is 32.6 Å². The topological polar surface area (TPSA) is 0 Å². The molecule has 1 aliphatic carbocycles. The summed E-state index contributed by atoms with van der Waals surface area (Å²) in [6, 6.07) is 0. The molecular weight excluding hydrogens is 144 g/mol. The van der Waals surface area contributed by atoms with E-state index in [1.54, 1.807) is 0 Å². The van der Waals surface area contributed by atoms with E-state index in [0.29, 0.717) is 0 Å². The van der Waals surface area contributed by atoms with Crippen LogP contribution in [0.3, 0.4) is 0 Å². The van der Waals surface area contributed by atoms with Crippen molar-refractivity contribution in [3.63, 3.8) is 0 Å². The van der Waals surface area contributed by atoms with Crippen LogP contribution in [0.2, 0.25) is 0 Å². The fourth-order valence-corrected chi connectivity index (χ4v) is 1.58. The molecule has 0 atom stereocenters. The van der Waals surface area contributed by atoms with E-state index in [9.17, 15) is 0 Å². The number of halogens is 1. The Morgan fingerprint density at radius 3 is 2.40 bits per heavy atom. The zero-order valence-corrected chi connectivity index (χ0v) is 7.12. The van der Waals surface area contributed by atoms with Gasteiger partial charge >= 0.3 is 0 Å². The third-order valence-electron chi connectivity index (χ3n) is 2.33. The van der Waals surface area contributed by atoms with Crippen molar-refractivity contribution < 1.29 is 0 Å². The van der Waals surface area contributed by atoms with Crippen LogP contribution in [0, 0.1) is 18.3 Å². The molecule has 0 heterocycles. The second-order valence-corrected chi connectivity index (χ2v) is 4.02. The SMILES string of the molecule is C#CC1(Cl)CCC(C)CC1. The van der Waals surface area contributed by atoms with E-state index < -0.39 is 0 Å². The van der Waals surface area contributed by atoms with Gasteiger partial charge in [0.1, 0.15) is 4.87 Å². The van der Waals surface area contributed by atoms with E-state index in [-0.39, 0.29) is 4.87 Å². The molecule has 1 rings (SSSR count). The largest absolute Gasteiger partial charge is 0.118 e. The van der Waals surface area contributed by atoms with Crippen molar-refractivity contribution in [1.29, 1.82) is 0 Å². The summed E-state index contributed by atoms with van der Waals surface area (Å²) in [5, 5.41) is 0. The maximum atomic E-state index is 6.09. The first-order chi connectivity index (χ1) is 4.66. The number of rotatable bonds is 0. The van der Waals surface area contributed by atoms with Gasteiger partial charge in [-0.05, 0) is 31.6 Å². The molecule has 0 unspecified atom stereocenters.